The summed E-state index contributed by atoms with van der Waals surface area (Å²) < 4.78 is 5.23. The van der Waals surface area contributed by atoms with E-state index in [1.165, 1.54) is 11.8 Å². The number of benzene rings is 2. The van der Waals surface area contributed by atoms with Crippen LogP contribution in [0.3, 0.4) is 0 Å². The zero-order valence-corrected chi connectivity index (χ0v) is 15.3. The number of nitrogens with zero attached hydrogens (tertiary/aromatic N) is 2. The molecular formula is C21H17N3O2S. The van der Waals surface area contributed by atoms with Gasteiger partial charge in [-0.25, -0.2) is 9.97 Å². The molecule has 2 aromatic carbocycles. The minimum atomic E-state index is -0.0691. The Kier molecular flexibility index (Phi) is 5.16. The summed E-state index contributed by atoms with van der Waals surface area (Å²) in [4.78, 5) is 21.6. The molecule has 0 bridgehead atoms. The molecule has 0 saturated heterocycles. The van der Waals surface area contributed by atoms with Crippen LogP contribution in [0.1, 0.15) is 5.76 Å². The topological polar surface area (TPSA) is 68.0 Å². The van der Waals surface area contributed by atoms with Gasteiger partial charge in [0.2, 0.25) is 5.91 Å². The summed E-state index contributed by atoms with van der Waals surface area (Å²) in [6.45, 7) is 0.381. The number of carbonyl (C=O) groups is 1. The third-order valence-corrected chi connectivity index (χ3v) is 4.97. The Morgan fingerprint density at radius 2 is 1.78 bits per heavy atom. The molecule has 4 rings (SSSR count). The molecule has 0 aliphatic heterocycles. The molecule has 0 atom stereocenters. The molecule has 0 spiro atoms. The number of fused-ring (bicyclic) bond motifs is 1. The van der Waals surface area contributed by atoms with Crippen molar-refractivity contribution < 1.29 is 9.21 Å². The van der Waals surface area contributed by atoms with Gasteiger partial charge in [0.05, 0.1) is 24.1 Å². The predicted molar refractivity (Wildman–Crippen MR) is 106 cm³/mol. The number of nitrogens with one attached hydrogen (secondary N) is 1. The van der Waals surface area contributed by atoms with Gasteiger partial charge in [-0.05, 0) is 18.2 Å². The van der Waals surface area contributed by atoms with E-state index in [1.54, 1.807) is 12.3 Å². The van der Waals surface area contributed by atoms with E-state index in [9.17, 15) is 4.79 Å². The lowest BCUT2D eigenvalue weighted by Gasteiger charge is -2.09. The van der Waals surface area contributed by atoms with Gasteiger partial charge >= 0.3 is 0 Å². The molecule has 134 valence electrons. The normalized spacial score (nSPS) is 10.8. The van der Waals surface area contributed by atoms with Gasteiger partial charge in [-0.15, -0.1) is 0 Å². The monoisotopic (exact) mass is 375 g/mol. The van der Waals surface area contributed by atoms with Crippen molar-refractivity contribution in [2.24, 2.45) is 0 Å². The van der Waals surface area contributed by atoms with E-state index in [1.807, 2.05) is 60.7 Å². The second kappa shape index (κ2) is 8.05. The molecule has 0 fully saturated rings. The van der Waals surface area contributed by atoms with Gasteiger partial charge in [-0.1, -0.05) is 60.3 Å². The number of aromatic nitrogens is 2. The van der Waals surface area contributed by atoms with Gasteiger partial charge in [-0.3, -0.25) is 4.79 Å². The van der Waals surface area contributed by atoms with Crippen LogP contribution in [0.15, 0.2) is 82.4 Å². The maximum Gasteiger partial charge on any atom is 0.230 e. The van der Waals surface area contributed by atoms with Crippen LogP contribution in [0.4, 0.5) is 0 Å². The molecule has 1 amide bonds. The molecular weight excluding hydrogens is 358 g/mol. The van der Waals surface area contributed by atoms with Crippen molar-refractivity contribution >= 4 is 28.6 Å². The Morgan fingerprint density at radius 3 is 2.59 bits per heavy atom. The summed E-state index contributed by atoms with van der Waals surface area (Å²) in [5, 5.41) is 4.60. The number of carbonyl (C=O) groups excluding carboxylic acids is 1. The number of hydrogen-bond donors (Lipinski definition) is 1. The lowest BCUT2D eigenvalue weighted by atomic mass is 10.2. The average Bonchev–Trinajstić information content (AvgIpc) is 3.24. The predicted octanol–water partition coefficient (Wildman–Crippen LogP) is 4.30. The highest BCUT2D eigenvalue weighted by Gasteiger charge is 2.12. The van der Waals surface area contributed by atoms with Crippen molar-refractivity contribution in [3.05, 3.63) is 78.8 Å². The maximum absolute atomic E-state index is 12.2. The fourth-order valence-corrected chi connectivity index (χ4v) is 3.51. The van der Waals surface area contributed by atoms with Crippen LogP contribution in [-0.4, -0.2) is 21.6 Å². The number of thioether (sulfide) groups is 1. The number of rotatable bonds is 6. The van der Waals surface area contributed by atoms with E-state index >= 15 is 0 Å². The van der Waals surface area contributed by atoms with Crippen molar-refractivity contribution in [3.8, 4) is 11.4 Å². The first-order chi connectivity index (χ1) is 13.3. The van der Waals surface area contributed by atoms with Crippen LogP contribution in [-0.2, 0) is 11.3 Å². The summed E-state index contributed by atoms with van der Waals surface area (Å²) in [6, 6.07) is 21.3. The zero-order valence-electron chi connectivity index (χ0n) is 14.5. The highest BCUT2D eigenvalue weighted by Crippen LogP contribution is 2.28. The third-order valence-electron chi connectivity index (χ3n) is 3.98. The van der Waals surface area contributed by atoms with Crippen LogP contribution in [0.5, 0.6) is 0 Å². The van der Waals surface area contributed by atoms with Gasteiger partial charge in [0.1, 0.15) is 10.8 Å². The van der Waals surface area contributed by atoms with E-state index in [2.05, 4.69) is 10.3 Å². The molecule has 1 N–H and O–H groups in total. The summed E-state index contributed by atoms with van der Waals surface area (Å²) in [5.41, 5.74) is 1.82. The standard InChI is InChI=1S/C21H17N3O2S/c25-19(22-13-16-9-6-12-26-16)14-27-21-17-10-4-5-11-18(17)23-20(24-21)15-7-2-1-3-8-15/h1-12H,13-14H2,(H,22,25). The van der Waals surface area contributed by atoms with Crippen LogP contribution in [0.25, 0.3) is 22.3 Å². The molecule has 5 nitrogen and oxygen atoms in total. The Labute approximate surface area is 160 Å². The van der Waals surface area contributed by atoms with E-state index in [4.69, 9.17) is 9.40 Å². The largest absolute Gasteiger partial charge is 0.467 e. The molecule has 0 unspecified atom stereocenters. The fourth-order valence-electron chi connectivity index (χ4n) is 2.66. The minimum absolute atomic E-state index is 0.0691. The second-order valence-corrected chi connectivity index (χ2v) is 6.84. The molecule has 0 aliphatic carbocycles. The first kappa shape index (κ1) is 17.3. The Balaban J connectivity index is 1.54. The van der Waals surface area contributed by atoms with Gasteiger partial charge in [-0.2, -0.15) is 0 Å². The fraction of sp³-hybridized carbons (Fsp3) is 0.0952. The zero-order chi connectivity index (χ0) is 18.5. The van der Waals surface area contributed by atoms with E-state index in [0.29, 0.717) is 12.4 Å². The number of para-hydroxylation sites is 1. The second-order valence-electron chi connectivity index (χ2n) is 5.88. The molecule has 4 aromatic rings. The summed E-state index contributed by atoms with van der Waals surface area (Å²) in [7, 11) is 0. The van der Waals surface area contributed by atoms with Crippen LogP contribution in [0, 0.1) is 0 Å². The highest BCUT2D eigenvalue weighted by atomic mass is 32.2. The van der Waals surface area contributed by atoms with E-state index < -0.39 is 0 Å². The van der Waals surface area contributed by atoms with Crippen molar-refractivity contribution in [1.82, 2.24) is 15.3 Å². The minimum Gasteiger partial charge on any atom is -0.467 e. The number of amides is 1. The van der Waals surface area contributed by atoms with Gasteiger partial charge in [0, 0.05) is 10.9 Å². The molecule has 27 heavy (non-hydrogen) atoms. The molecule has 6 heteroatoms. The average molecular weight is 375 g/mol. The van der Waals surface area contributed by atoms with Crippen molar-refractivity contribution in [3.63, 3.8) is 0 Å². The highest BCUT2D eigenvalue weighted by molar-refractivity contribution is 8.00. The maximum atomic E-state index is 12.2. The molecule has 0 radical (unpaired) electrons. The Bertz CT molecular complexity index is 1050. The molecule has 2 aromatic heterocycles. The smallest absolute Gasteiger partial charge is 0.230 e. The SMILES string of the molecule is O=C(CSc1nc(-c2ccccc2)nc2ccccc12)NCc1ccco1. The summed E-state index contributed by atoms with van der Waals surface area (Å²) in [5.74, 6) is 1.59. The van der Waals surface area contributed by atoms with E-state index in [0.717, 1.165) is 27.3 Å². The van der Waals surface area contributed by atoms with Crippen molar-refractivity contribution in [1.29, 1.82) is 0 Å². The Morgan fingerprint density at radius 1 is 0.963 bits per heavy atom. The lowest BCUT2D eigenvalue weighted by molar-refractivity contribution is -0.118. The quantitative estimate of drug-likeness (QED) is 0.402. The van der Waals surface area contributed by atoms with Crippen molar-refractivity contribution in [2.45, 2.75) is 11.6 Å². The van der Waals surface area contributed by atoms with Gasteiger partial charge in [0.25, 0.3) is 0 Å². The third kappa shape index (κ3) is 4.17. The van der Waals surface area contributed by atoms with Crippen LogP contribution < -0.4 is 5.32 Å². The first-order valence-electron chi connectivity index (χ1n) is 8.54. The van der Waals surface area contributed by atoms with Crippen LogP contribution in [0.2, 0.25) is 0 Å². The molecule has 0 aliphatic rings. The van der Waals surface area contributed by atoms with Gasteiger partial charge in [0.15, 0.2) is 5.82 Å². The molecule has 2 heterocycles. The van der Waals surface area contributed by atoms with Gasteiger partial charge < -0.3 is 9.73 Å². The summed E-state index contributed by atoms with van der Waals surface area (Å²) >= 11 is 1.41. The Hall–Kier alpha value is -3.12. The summed E-state index contributed by atoms with van der Waals surface area (Å²) in [6.07, 6.45) is 1.59. The van der Waals surface area contributed by atoms with E-state index in [-0.39, 0.29) is 11.7 Å². The molecule has 0 saturated carbocycles. The number of furan rings is 1. The lowest BCUT2D eigenvalue weighted by Crippen LogP contribution is -2.24. The number of hydrogen-bond acceptors (Lipinski definition) is 5. The first-order valence-corrected chi connectivity index (χ1v) is 9.52. The van der Waals surface area contributed by atoms with Crippen molar-refractivity contribution in [2.75, 3.05) is 5.75 Å². The van der Waals surface area contributed by atoms with Crippen LogP contribution >= 0.6 is 11.8 Å².